The number of likely N-dealkylation sites (tertiary alicyclic amines) is 1. The van der Waals surface area contributed by atoms with Crippen LogP contribution in [0, 0.1) is 5.92 Å². The van der Waals surface area contributed by atoms with Gasteiger partial charge >= 0.3 is 6.18 Å². The molecule has 0 aliphatic carbocycles. The van der Waals surface area contributed by atoms with E-state index in [-0.39, 0.29) is 18.6 Å². The van der Waals surface area contributed by atoms with Crippen molar-refractivity contribution in [1.82, 2.24) is 4.90 Å². The van der Waals surface area contributed by atoms with Crippen molar-refractivity contribution in [3.8, 4) is 0 Å². The SMILES string of the molecule is CS(=O)(=O)CCN1CCC(C(O)C(F)(F)F)CC1. The van der Waals surface area contributed by atoms with Crippen LogP contribution >= 0.6 is 0 Å². The van der Waals surface area contributed by atoms with Gasteiger partial charge in [0.05, 0.1) is 5.75 Å². The molecule has 0 bridgehead atoms. The smallest absolute Gasteiger partial charge is 0.383 e. The van der Waals surface area contributed by atoms with E-state index in [2.05, 4.69) is 0 Å². The lowest BCUT2D eigenvalue weighted by atomic mass is 9.91. The Kier molecular flexibility index (Phi) is 5.02. The van der Waals surface area contributed by atoms with Crippen molar-refractivity contribution in [3.63, 3.8) is 0 Å². The second-order valence-corrected chi connectivity index (χ2v) is 7.06. The molecule has 0 aromatic rings. The monoisotopic (exact) mass is 289 g/mol. The predicted molar refractivity (Wildman–Crippen MR) is 60.9 cm³/mol. The van der Waals surface area contributed by atoms with Gasteiger partial charge < -0.3 is 10.0 Å². The molecule has 0 radical (unpaired) electrons. The van der Waals surface area contributed by atoms with Crippen molar-refractivity contribution < 1.29 is 26.7 Å². The van der Waals surface area contributed by atoms with E-state index < -0.39 is 28.0 Å². The zero-order valence-corrected chi connectivity index (χ0v) is 11.0. The standard InChI is InChI=1S/C10H18F3NO3S/c1-18(16,17)7-6-14-4-2-8(3-5-14)9(15)10(11,12)13/h8-9,15H,2-7H2,1H3. The Morgan fingerprint density at radius 3 is 2.22 bits per heavy atom. The van der Waals surface area contributed by atoms with Gasteiger partial charge in [0, 0.05) is 12.8 Å². The van der Waals surface area contributed by atoms with Gasteiger partial charge in [0.25, 0.3) is 0 Å². The second kappa shape index (κ2) is 5.75. The number of halogens is 3. The third-order valence-corrected chi connectivity index (χ3v) is 4.12. The van der Waals surface area contributed by atoms with Crippen LogP contribution in [0.1, 0.15) is 12.8 Å². The molecule has 1 atom stereocenters. The Bertz CT molecular complexity index is 361. The van der Waals surface area contributed by atoms with Gasteiger partial charge in [-0.1, -0.05) is 0 Å². The number of sulfone groups is 1. The average Bonchev–Trinajstić information content (AvgIpc) is 2.24. The van der Waals surface area contributed by atoms with Gasteiger partial charge in [0.2, 0.25) is 0 Å². The van der Waals surface area contributed by atoms with Crippen molar-refractivity contribution in [2.75, 3.05) is 31.6 Å². The predicted octanol–water partition coefficient (Wildman–Crippen LogP) is 0.666. The first-order valence-electron chi connectivity index (χ1n) is 5.74. The number of aliphatic hydroxyl groups excluding tert-OH is 1. The van der Waals surface area contributed by atoms with Gasteiger partial charge in [-0.25, -0.2) is 8.42 Å². The molecule has 1 unspecified atom stereocenters. The highest BCUT2D eigenvalue weighted by atomic mass is 32.2. The van der Waals surface area contributed by atoms with E-state index in [0.29, 0.717) is 19.6 Å². The summed E-state index contributed by atoms with van der Waals surface area (Å²) in [5.74, 6) is -0.765. The quantitative estimate of drug-likeness (QED) is 0.826. The summed E-state index contributed by atoms with van der Waals surface area (Å²) in [6, 6.07) is 0. The maximum absolute atomic E-state index is 12.3. The van der Waals surface area contributed by atoms with Crippen LogP contribution in [-0.4, -0.2) is 62.3 Å². The fourth-order valence-corrected chi connectivity index (χ4v) is 2.64. The number of aliphatic hydroxyl groups is 1. The molecule has 0 aromatic heterocycles. The normalized spacial score (nSPS) is 22.1. The Hall–Kier alpha value is -0.340. The molecule has 8 heteroatoms. The second-order valence-electron chi connectivity index (χ2n) is 4.80. The largest absolute Gasteiger partial charge is 0.414 e. The summed E-state index contributed by atoms with van der Waals surface area (Å²) in [6.45, 7) is 1.13. The van der Waals surface area contributed by atoms with Crippen LogP contribution in [0.3, 0.4) is 0 Å². The molecule has 0 aromatic carbocycles. The summed E-state index contributed by atoms with van der Waals surface area (Å²) in [4.78, 5) is 1.82. The minimum Gasteiger partial charge on any atom is -0.383 e. The van der Waals surface area contributed by atoms with Gasteiger partial charge in [0.1, 0.15) is 9.84 Å². The fraction of sp³-hybridized carbons (Fsp3) is 1.00. The molecular formula is C10H18F3NO3S. The molecule has 0 spiro atoms. The molecule has 1 aliphatic heterocycles. The molecule has 0 amide bonds. The molecule has 4 nitrogen and oxygen atoms in total. The van der Waals surface area contributed by atoms with Gasteiger partial charge in [-0.05, 0) is 31.8 Å². The molecule has 1 heterocycles. The Balaban J connectivity index is 2.37. The lowest BCUT2D eigenvalue weighted by molar-refractivity contribution is -0.223. The van der Waals surface area contributed by atoms with E-state index in [9.17, 15) is 21.6 Å². The molecule has 0 saturated carbocycles. The van der Waals surface area contributed by atoms with E-state index in [4.69, 9.17) is 5.11 Å². The first kappa shape index (κ1) is 15.7. The highest BCUT2D eigenvalue weighted by Gasteiger charge is 2.44. The number of hydrogen-bond donors (Lipinski definition) is 1. The number of hydrogen-bond acceptors (Lipinski definition) is 4. The lowest BCUT2D eigenvalue weighted by Crippen LogP contribution is -2.44. The van der Waals surface area contributed by atoms with E-state index in [1.807, 2.05) is 4.90 Å². The summed E-state index contributed by atoms with van der Waals surface area (Å²) >= 11 is 0. The number of rotatable bonds is 4. The van der Waals surface area contributed by atoms with Crippen molar-refractivity contribution in [2.24, 2.45) is 5.92 Å². The number of nitrogens with zero attached hydrogens (tertiary/aromatic N) is 1. The summed E-state index contributed by atoms with van der Waals surface area (Å²) in [6.07, 6.45) is -5.23. The Labute approximate surface area is 105 Å². The zero-order valence-electron chi connectivity index (χ0n) is 10.2. The Morgan fingerprint density at radius 1 is 1.33 bits per heavy atom. The maximum atomic E-state index is 12.3. The third-order valence-electron chi connectivity index (χ3n) is 3.19. The van der Waals surface area contributed by atoms with E-state index in [1.165, 1.54) is 0 Å². The number of piperidine rings is 1. The van der Waals surface area contributed by atoms with Gasteiger partial charge in [-0.3, -0.25) is 0 Å². The summed E-state index contributed by atoms with van der Waals surface area (Å²) in [5, 5.41) is 9.12. The summed E-state index contributed by atoms with van der Waals surface area (Å²) < 4.78 is 58.8. The molecular weight excluding hydrogens is 271 g/mol. The molecule has 1 N–H and O–H groups in total. The van der Waals surface area contributed by atoms with Crippen LogP contribution in [0.25, 0.3) is 0 Å². The van der Waals surface area contributed by atoms with Crippen LogP contribution in [0.2, 0.25) is 0 Å². The first-order chi connectivity index (χ1) is 8.09. The van der Waals surface area contributed by atoms with Crippen LogP contribution in [0.5, 0.6) is 0 Å². The van der Waals surface area contributed by atoms with Crippen molar-refractivity contribution in [1.29, 1.82) is 0 Å². The topological polar surface area (TPSA) is 57.6 Å². The van der Waals surface area contributed by atoms with Crippen molar-refractivity contribution in [2.45, 2.75) is 25.1 Å². The van der Waals surface area contributed by atoms with E-state index in [1.54, 1.807) is 0 Å². The van der Waals surface area contributed by atoms with Crippen LogP contribution in [0.4, 0.5) is 13.2 Å². The molecule has 18 heavy (non-hydrogen) atoms. The molecule has 1 saturated heterocycles. The fourth-order valence-electron chi connectivity index (χ4n) is 2.05. The average molecular weight is 289 g/mol. The zero-order chi connectivity index (χ0) is 14.0. The van der Waals surface area contributed by atoms with E-state index in [0.717, 1.165) is 6.26 Å². The molecule has 108 valence electrons. The van der Waals surface area contributed by atoms with Gasteiger partial charge in [-0.15, -0.1) is 0 Å². The highest BCUT2D eigenvalue weighted by molar-refractivity contribution is 7.90. The number of alkyl halides is 3. The van der Waals surface area contributed by atoms with Crippen LogP contribution in [-0.2, 0) is 9.84 Å². The highest BCUT2D eigenvalue weighted by Crippen LogP contribution is 2.31. The minimum absolute atomic E-state index is 0.0134. The molecule has 1 rings (SSSR count). The van der Waals surface area contributed by atoms with Crippen molar-refractivity contribution in [3.05, 3.63) is 0 Å². The molecule has 1 fully saturated rings. The third kappa shape index (κ3) is 5.11. The van der Waals surface area contributed by atoms with Gasteiger partial charge in [0.15, 0.2) is 6.10 Å². The lowest BCUT2D eigenvalue weighted by Gasteiger charge is -2.34. The first-order valence-corrected chi connectivity index (χ1v) is 7.80. The van der Waals surface area contributed by atoms with Crippen molar-refractivity contribution >= 4 is 9.84 Å². The summed E-state index contributed by atoms with van der Waals surface area (Å²) in [7, 11) is -3.05. The van der Waals surface area contributed by atoms with Crippen LogP contribution < -0.4 is 0 Å². The van der Waals surface area contributed by atoms with Crippen LogP contribution in [0.15, 0.2) is 0 Å². The van der Waals surface area contributed by atoms with Gasteiger partial charge in [-0.2, -0.15) is 13.2 Å². The Morgan fingerprint density at radius 2 is 1.83 bits per heavy atom. The maximum Gasteiger partial charge on any atom is 0.414 e. The minimum atomic E-state index is -4.57. The molecule has 1 aliphatic rings. The summed E-state index contributed by atoms with van der Waals surface area (Å²) in [5.41, 5.74) is 0. The van der Waals surface area contributed by atoms with E-state index >= 15 is 0 Å².